The van der Waals surface area contributed by atoms with Crippen LogP contribution < -0.4 is 16.4 Å². The number of nitrogens with zero attached hydrogens (tertiary/aromatic N) is 1. The van der Waals surface area contributed by atoms with Crippen molar-refractivity contribution in [3.63, 3.8) is 0 Å². The van der Waals surface area contributed by atoms with Crippen LogP contribution in [0.1, 0.15) is 89.8 Å². The predicted molar refractivity (Wildman–Crippen MR) is 151 cm³/mol. The Bertz CT molecular complexity index is 989. The monoisotopic (exact) mass is 562 g/mol. The summed E-state index contributed by atoms with van der Waals surface area (Å²) >= 11 is 0. The molecule has 1 rings (SSSR count). The molecule has 0 radical (unpaired) electrons. The zero-order chi connectivity index (χ0) is 30.3. The number of nitrogens with two attached hydrogens (primary N) is 1. The molecule has 1 aromatic carbocycles. The molecule has 11 heteroatoms. The molecule has 0 saturated carbocycles. The van der Waals surface area contributed by atoms with Gasteiger partial charge in [0.15, 0.2) is 0 Å². The molecule has 0 aliphatic rings. The van der Waals surface area contributed by atoms with Crippen LogP contribution in [0.2, 0.25) is 0 Å². The van der Waals surface area contributed by atoms with Crippen LogP contribution in [-0.4, -0.2) is 66.5 Å². The number of nitrogens with one attached hydrogen (secondary N) is 2. The van der Waals surface area contributed by atoms with Crippen molar-refractivity contribution >= 4 is 29.8 Å². The van der Waals surface area contributed by atoms with Crippen molar-refractivity contribution in [1.29, 1.82) is 0 Å². The Balaban J connectivity index is 3.48. The summed E-state index contributed by atoms with van der Waals surface area (Å²) in [6.07, 6.45) is 3.39. The molecule has 0 saturated heterocycles. The van der Waals surface area contributed by atoms with Gasteiger partial charge in [-0.25, -0.2) is 4.79 Å². The second-order valence-corrected chi connectivity index (χ2v) is 10.8. The highest BCUT2D eigenvalue weighted by Crippen LogP contribution is 2.25. The lowest BCUT2D eigenvalue weighted by Crippen LogP contribution is -2.53. The predicted octanol–water partition coefficient (Wildman–Crippen LogP) is 3.28. The number of primary amides is 1. The Morgan fingerprint density at radius 2 is 1.62 bits per heavy atom. The molecular formula is C29H46N4O7. The minimum Gasteiger partial charge on any atom is -0.468 e. The topological polar surface area (TPSA) is 157 Å². The van der Waals surface area contributed by atoms with E-state index in [1.54, 1.807) is 32.9 Å². The van der Waals surface area contributed by atoms with Gasteiger partial charge in [-0.15, -0.1) is 0 Å². The lowest BCUT2D eigenvalue weighted by Gasteiger charge is -2.34. The van der Waals surface area contributed by atoms with Crippen LogP contribution >= 0.6 is 0 Å². The molecule has 0 fully saturated rings. The zero-order valence-corrected chi connectivity index (χ0v) is 24.7. The SMILES string of the molecule is CCCCCCCN(C(=O)C(CCC(N)=O)NC(=O)OC(C)(C)C)C(C(=O)NCC(=O)OC)c1ccc(C)cc1. The third-order valence-electron chi connectivity index (χ3n) is 6.04. The molecule has 2 atom stereocenters. The first kappa shape index (κ1) is 34.4. The van der Waals surface area contributed by atoms with Gasteiger partial charge in [0, 0.05) is 13.0 Å². The first-order valence-electron chi connectivity index (χ1n) is 13.8. The molecule has 0 aliphatic carbocycles. The number of alkyl carbamates (subject to hydrolysis) is 1. The van der Waals surface area contributed by atoms with Gasteiger partial charge < -0.3 is 30.7 Å². The van der Waals surface area contributed by atoms with Crippen LogP contribution in [0, 0.1) is 6.92 Å². The Morgan fingerprint density at radius 3 is 2.17 bits per heavy atom. The fourth-order valence-corrected chi connectivity index (χ4v) is 4.00. The Kier molecular flexibility index (Phi) is 14.7. The second-order valence-electron chi connectivity index (χ2n) is 10.8. The number of benzene rings is 1. The van der Waals surface area contributed by atoms with E-state index in [9.17, 15) is 24.0 Å². The number of hydrogen-bond acceptors (Lipinski definition) is 7. The summed E-state index contributed by atoms with van der Waals surface area (Å²) in [4.78, 5) is 65.0. The van der Waals surface area contributed by atoms with Crippen LogP contribution in [0.4, 0.5) is 4.79 Å². The zero-order valence-electron chi connectivity index (χ0n) is 24.7. The van der Waals surface area contributed by atoms with E-state index in [0.29, 0.717) is 12.0 Å². The van der Waals surface area contributed by atoms with Gasteiger partial charge in [0.05, 0.1) is 7.11 Å². The van der Waals surface area contributed by atoms with E-state index in [1.165, 1.54) is 12.0 Å². The van der Waals surface area contributed by atoms with Gasteiger partial charge in [0.2, 0.25) is 17.7 Å². The van der Waals surface area contributed by atoms with Gasteiger partial charge in [-0.2, -0.15) is 0 Å². The summed E-state index contributed by atoms with van der Waals surface area (Å²) in [6.45, 7) is 8.89. The third-order valence-corrected chi connectivity index (χ3v) is 6.04. The molecular weight excluding hydrogens is 516 g/mol. The molecule has 0 aliphatic heterocycles. The van der Waals surface area contributed by atoms with E-state index >= 15 is 0 Å². The Labute approximate surface area is 237 Å². The molecule has 11 nitrogen and oxygen atoms in total. The van der Waals surface area contributed by atoms with Crippen LogP contribution in [0.15, 0.2) is 24.3 Å². The molecule has 224 valence electrons. The number of hydrogen-bond donors (Lipinski definition) is 3. The first-order chi connectivity index (χ1) is 18.8. The molecule has 0 spiro atoms. The van der Waals surface area contributed by atoms with E-state index in [4.69, 9.17) is 10.5 Å². The maximum Gasteiger partial charge on any atom is 0.408 e. The molecule has 1 aromatic rings. The van der Waals surface area contributed by atoms with Crippen LogP contribution in [-0.2, 0) is 28.7 Å². The number of unbranched alkanes of at least 4 members (excludes halogenated alkanes) is 4. The third kappa shape index (κ3) is 12.9. The minimum absolute atomic E-state index is 0.0792. The molecule has 0 bridgehead atoms. The molecule has 0 aromatic heterocycles. The number of aryl methyl sites for hydroxylation is 1. The molecule has 2 unspecified atom stereocenters. The van der Waals surface area contributed by atoms with Crippen LogP contribution in [0.25, 0.3) is 0 Å². The molecule has 0 heterocycles. The smallest absolute Gasteiger partial charge is 0.408 e. The van der Waals surface area contributed by atoms with E-state index in [-0.39, 0.29) is 25.9 Å². The number of rotatable bonds is 16. The van der Waals surface area contributed by atoms with E-state index in [1.807, 2.05) is 19.1 Å². The lowest BCUT2D eigenvalue weighted by molar-refractivity contribution is -0.145. The largest absolute Gasteiger partial charge is 0.468 e. The second kappa shape index (κ2) is 17.1. The number of amides is 4. The number of carbonyl (C=O) groups excluding carboxylic acids is 5. The van der Waals surface area contributed by atoms with Crippen molar-refractivity contribution < 1.29 is 33.4 Å². The first-order valence-corrected chi connectivity index (χ1v) is 13.8. The highest BCUT2D eigenvalue weighted by atomic mass is 16.6. The minimum atomic E-state index is -1.18. The normalized spacial score (nSPS) is 12.6. The van der Waals surface area contributed by atoms with Crippen LogP contribution in [0.5, 0.6) is 0 Å². The Hall–Kier alpha value is -3.63. The van der Waals surface area contributed by atoms with Crippen molar-refractivity contribution in [2.24, 2.45) is 5.73 Å². The number of carbonyl (C=O) groups is 5. The fraction of sp³-hybridized carbons (Fsp3) is 0.621. The summed E-state index contributed by atoms with van der Waals surface area (Å²) in [5.41, 5.74) is 6.02. The maximum atomic E-state index is 14.1. The van der Waals surface area contributed by atoms with Crippen molar-refractivity contribution in [2.75, 3.05) is 20.2 Å². The average molecular weight is 563 g/mol. The average Bonchev–Trinajstić information content (AvgIpc) is 2.88. The Morgan fingerprint density at radius 1 is 1.00 bits per heavy atom. The quantitative estimate of drug-likeness (QED) is 0.206. The molecule has 40 heavy (non-hydrogen) atoms. The van der Waals surface area contributed by atoms with E-state index in [2.05, 4.69) is 22.3 Å². The summed E-state index contributed by atoms with van der Waals surface area (Å²) < 4.78 is 9.99. The van der Waals surface area contributed by atoms with Gasteiger partial charge >= 0.3 is 12.1 Å². The van der Waals surface area contributed by atoms with E-state index < -0.39 is 47.5 Å². The fourth-order valence-electron chi connectivity index (χ4n) is 4.00. The van der Waals surface area contributed by atoms with Gasteiger partial charge in [-0.3, -0.25) is 19.2 Å². The van der Waals surface area contributed by atoms with E-state index in [0.717, 1.165) is 31.2 Å². The molecule has 4 amide bonds. The van der Waals surface area contributed by atoms with Gasteiger partial charge in [0.25, 0.3) is 0 Å². The summed E-state index contributed by atoms with van der Waals surface area (Å²) in [6, 6.07) is 4.84. The highest BCUT2D eigenvalue weighted by molar-refractivity contribution is 5.93. The van der Waals surface area contributed by atoms with Gasteiger partial charge in [-0.1, -0.05) is 62.4 Å². The maximum absolute atomic E-state index is 14.1. The highest BCUT2D eigenvalue weighted by Gasteiger charge is 2.36. The van der Waals surface area contributed by atoms with Crippen molar-refractivity contribution in [1.82, 2.24) is 15.5 Å². The van der Waals surface area contributed by atoms with Gasteiger partial charge in [-0.05, 0) is 46.1 Å². The summed E-state index contributed by atoms with van der Waals surface area (Å²) in [5, 5.41) is 5.13. The lowest BCUT2D eigenvalue weighted by atomic mass is 9.99. The van der Waals surface area contributed by atoms with Crippen LogP contribution in [0.3, 0.4) is 0 Å². The number of ether oxygens (including phenoxy) is 2. The van der Waals surface area contributed by atoms with Crippen molar-refractivity contribution in [3.05, 3.63) is 35.4 Å². The van der Waals surface area contributed by atoms with Crippen molar-refractivity contribution in [2.45, 2.75) is 97.2 Å². The summed E-state index contributed by atoms with van der Waals surface area (Å²) in [5.74, 6) is -2.43. The standard InChI is InChI=1S/C29H46N4O7/c1-7-8-9-10-11-18-33(27(37)22(16-17-23(30)34)32-28(38)40-29(3,4)5)25(21-14-12-20(2)13-15-21)26(36)31-19-24(35)39-6/h12-15,22,25H,7-11,16-19H2,1-6H3,(H2,30,34)(H,31,36)(H,32,38). The number of methoxy groups -OCH3 is 1. The van der Waals surface area contributed by atoms with Crippen molar-refractivity contribution in [3.8, 4) is 0 Å². The molecule has 4 N–H and O–H groups in total. The number of esters is 1. The van der Waals surface area contributed by atoms with Gasteiger partial charge in [0.1, 0.15) is 24.2 Å². The summed E-state index contributed by atoms with van der Waals surface area (Å²) in [7, 11) is 1.21.